The van der Waals surface area contributed by atoms with E-state index in [1.54, 1.807) is 0 Å². The molecule has 26 heavy (non-hydrogen) atoms. The van der Waals surface area contributed by atoms with Crippen LogP contribution in [0, 0.1) is 5.82 Å². The first-order chi connectivity index (χ1) is 12.1. The maximum atomic E-state index is 13.1. The summed E-state index contributed by atoms with van der Waals surface area (Å²) in [5, 5.41) is 21.6. The molecule has 0 fully saturated rings. The number of nitrogens with one attached hydrogen (secondary N) is 2. The lowest BCUT2D eigenvalue weighted by Crippen LogP contribution is -2.26. The number of rotatable bonds is 6. The third kappa shape index (κ3) is 7.75. The van der Waals surface area contributed by atoms with E-state index in [1.165, 1.54) is 12.1 Å². The summed E-state index contributed by atoms with van der Waals surface area (Å²) in [5.74, 6) is -2.31. The van der Waals surface area contributed by atoms with E-state index in [2.05, 4.69) is 15.6 Å². The van der Waals surface area contributed by atoms with Crippen LogP contribution in [0.1, 0.15) is 0 Å². The second-order valence-electron chi connectivity index (χ2n) is 5.03. The predicted molar refractivity (Wildman–Crippen MR) is 92.7 cm³/mol. The zero-order valence-electron chi connectivity index (χ0n) is 13.8. The summed E-state index contributed by atoms with van der Waals surface area (Å²) in [5.41, 5.74) is 0.385. The van der Waals surface area contributed by atoms with Gasteiger partial charge in [-0.15, -0.1) is 0 Å². The lowest BCUT2D eigenvalue weighted by Gasteiger charge is -2.11. The van der Waals surface area contributed by atoms with Crippen molar-refractivity contribution in [1.29, 1.82) is 0 Å². The number of aliphatic carboxylic acids is 2. The van der Waals surface area contributed by atoms with Crippen molar-refractivity contribution in [3.05, 3.63) is 36.2 Å². The number of hydrogen-bond donors (Lipinski definition) is 4. The first-order valence-corrected chi connectivity index (χ1v) is 9.13. The molecule has 11 heteroatoms. The first-order valence-electron chi connectivity index (χ1n) is 7.24. The second-order valence-corrected chi connectivity index (χ2v) is 7.02. The molecule has 0 radical (unpaired) electrons. The third-order valence-electron chi connectivity index (χ3n) is 2.90. The molecule has 1 aromatic rings. The highest BCUT2D eigenvalue weighted by Crippen LogP contribution is 2.22. The fourth-order valence-electron chi connectivity index (χ4n) is 1.84. The van der Waals surface area contributed by atoms with Gasteiger partial charge in [0.1, 0.15) is 11.7 Å². The van der Waals surface area contributed by atoms with Crippen LogP contribution in [-0.2, 0) is 19.4 Å². The summed E-state index contributed by atoms with van der Waals surface area (Å²) in [7, 11) is -3.46. The van der Waals surface area contributed by atoms with Crippen LogP contribution >= 0.6 is 0 Å². The van der Waals surface area contributed by atoms with Gasteiger partial charge in [0.25, 0.3) is 0 Å². The summed E-state index contributed by atoms with van der Waals surface area (Å²) < 4.78 is 36.2. The smallest absolute Gasteiger partial charge is 0.328 e. The van der Waals surface area contributed by atoms with Crippen molar-refractivity contribution < 1.29 is 32.6 Å². The van der Waals surface area contributed by atoms with E-state index in [4.69, 9.17) is 10.2 Å². The molecule has 1 aliphatic rings. The number of carbonyl (C=O) groups is 2. The Kier molecular flexibility index (Phi) is 7.72. The number of nitrogens with zero attached hydrogens (tertiary/aromatic N) is 1. The monoisotopic (exact) mass is 387 g/mol. The minimum absolute atomic E-state index is 0.0407. The van der Waals surface area contributed by atoms with Gasteiger partial charge in [0, 0.05) is 25.0 Å². The Balaban J connectivity index is 0.000000359. The molecule has 1 heterocycles. The normalized spacial score (nSPS) is 13.4. The van der Waals surface area contributed by atoms with Crippen molar-refractivity contribution in [2.75, 3.05) is 31.2 Å². The molecule has 0 atom stereocenters. The van der Waals surface area contributed by atoms with Gasteiger partial charge in [-0.3, -0.25) is 4.99 Å². The van der Waals surface area contributed by atoms with Crippen LogP contribution in [0.25, 0.3) is 0 Å². The van der Waals surface area contributed by atoms with Crippen LogP contribution < -0.4 is 10.6 Å². The van der Waals surface area contributed by atoms with E-state index in [1.807, 2.05) is 0 Å². The number of sulfone groups is 1. The van der Waals surface area contributed by atoms with E-state index >= 15 is 0 Å². The zero-order valence-corrected chi connectivity index (χ0v) is 14.6. The van der Waals surface area contributed by atoms with Crippen molar-refractivity contribution in [2.45, 2.75) is 4.90 Å². The molecule has 0 spiro atoms. The standard InChI is InChI=1S/C11H14FN3O2S.C4H4O4/c1-18(16,17)10-6-8(12)2-3-9(10)15-7-11-13-4-5-14-11;5-3(6)1-2-4(7)8/h2-3,6,15H,4-5,7H2,1H3,(H,13,14);1-2H,(H,5,6)(H,7,8)/b;2-1+. The maximum Gasteiger partial charge on any atom is 0.328 e. The minimum atomic E-state index is -3.46. The number of carboxylic acids is 2. The molecule has 0 amide bonds. The van der Waals surface area contributed by atoms with E-state index < -0.39 is 27.6 Å². The highest BCUT2D eigenvalue weighted by molar-refractivity contribution is 7.90. The molecule has 0 saturated carbocycles. The molecule has 0 unspecified atom stereocenters. The number of aliphatic imine (C=N–C) groups is 1. The average molecular weight is 387 g/mol. The Morgan fingerprint density at radius 1 is 1.31 bits per heavy atom. The Morgan fingerprint density at radius 3 is 2.38 bits per heavy atom. The highest BCUT2D eigenvalue weighted by atomic mass is 32.2. The van der Waals surface area contributed by atoms with Crippen molar-refractivity contribution in [1.82, 2.24) is 5.32 Å². The van der Waals surface area contributed by atoms with Gasteiger partial charge in [-0.25, -0.2) is 22.4 Å². The number of benzene rings is 1. The van der Waals surface area contributed by atoms with Gasteiger partial charge < -0.3 is 20.8 Å². The van der Waals surface area contributed by atoms with Gasteiger partial charge in [0.15, 0.2) is 9.84 Å². The van der Waals surface area contributed by atoms with Crippen LogP contribution in [0.4, 0.5) is 10.1 Å². The molecule has 142 valence electrons. The molecule has 9 nitrogen and oxygen atoms in total. The SMILES string of the molecule is CS(=O)(=O)c1cc(F)ccc1NCC1=NCCN1.O=C(O)/C=C/C(=O)O. The van der Waals surface area contributed by atoms with E-state index in [9.17, 15) is 22.4 Å². The Hall–Kier alpha value is -2.95. The quantitative estimate of drug-likeness (QED) is 0.512. The summed E-state index contributed by atoms with van der Waals surface area (Å²) in [6.07, 6.45) is 2.17. The number of halogens is 1. The van der Waals surface area contributed by atoms with Crippen molar-refractivity contribution in [2.24, 2.45) is 4.99 Å². The largest absolute Gasteiger partial charge is 0.478 e. The van der Waals surface area contributed by atoms with Gasteiger partial charge in [-0.05, 0) is 18.2 Å². The molecule has 4 N–H and O–H groups in total. The molecular weight excluding hydrogens is 369 g/mol. The molecular formula is C15H18FN3O6S. The van der Waals surface area contributed by atoms with Gasteiger partial charge >= 0.3 is 11.9 Å². The molecule has 0 aliphatic carbocycles. The molecule has 0 aromatic heterocycles. The Morgan fingerprint density at radius 2 is 1.92 bits per heavy atom. The summed E-state index contributed by atoms with van der Waals surface area (Å²) in [4.78, 5) is 23.2. The maximum absolute atomic E-state index is 13.1. The highest BCUT2D eigenvalue weighted by Gasteiger charge is 2.15. The second kappa shape index (κ2) is 9.51. The van der Waals surface area contributed by atoms with Crippen molar-refractivity contribution in [3.63, 3.8) is 0 Å². The Labute approximate surface area is 149 Å². The predicted octanol–water partition coefficient (Wildman–Crippen LogP) is 0.355. The molecule has 1 aromatic carbocycles. The summed E-state index contributed by atoms with van der Waals surface area (Å²) in [6.45, 7) is 1.91. The number of amidine groups is 1. The number of hydrogen-bond acceptors (Lipinski definition) is 7. The van der Waals surface area contributed by atoms with Crippen molar-refractivity contribution >= 4 is 33.3 Å². The molecule has 0 bridgehead atoms. The first kappa shape index (κ1) is 21.1. The van der Waals surface area contributed by atoms with Crippen LogP contribution in [0.15, 0.2) is 40.2 Å². The summed E-state index contributed by atoms with van der Waals surface area (Å²) >= 11 is 0. The van der Waals surface area contributed by atoms with Gasteiger partial charge in [-0.1, -0.05) is 0 Å². The van der Waals surface area contributed by atoms with E-state index in [0.29, 0.717) is 24.4 Å². The van der Waals surface area contributed by atoms with Crippen LogP contribution in [0.3, 0.4) is 0 Å². The van der Waals surface area contributed by atoms with E-state index in [0.717, 1.165) is 31.2 Å². The van der Waals surface area contributed by atoms with E-state index in [-0.39, 0.29) is 4.90 Å². The van der Waals surface area contributed by atoms with Gasteiger partial charge in [0.05, 0.1) is 23.7 Å². The minimum Gasteiger partial charge on any atom is -0.478 e. The molecule has 2 rings (SSSR count). The number of anilines is 1. The molecule has 1 aliphatic heterocycles. The van der Waals surface area contributed by atoms with Crippen LogP contribution in [0.2, 0.25) is 0 Å². The third-order valence-corrected chi connectivity index (χ3v) is 4.04. The summed E-state index contributed by atoms with van der Waals surface area (Å²) in [6, 6.07) is 3.66. The topological polar surface area (TPSA) is 145 Å². The fourth-order valence-corrected chi connectivity index (χ4v) is 2.70. The lowest BCUT2D eigenvalue weighted by atomic mass is 10.3. The fraction of sp³-hybridized carbons (Fsp3) is 0.267. The van der Waals surface area contributed by atoms with Crippen molar-refractivity contribution in [3.8, 4) is 0 Å². The lowest BCUT2D eigenvalue weighted by molar-refractivity contribution is -0.134. The van der Waals surface area contributed by atoms with Crippen LogP contribution in [-0.4, -0.2) is 62.3 Å². The van der Waals surface area contributed by atoms with Crippen LogP contribution in [0.5, 0.6) is 0 Å². The van der Waals surface area contributed by atoms with Gasteiger partial charge in [-0.2, -0.15) is 0 Å². The Bertz CT molecular complexity index is 820. The zero-order chi connectivity index (χ0) is 19.7. The molecule has 0 saturated heterocycles. The number of carboxylic acid groups (broad SMARTS) is 2. The average Bonchev–Trinajstić information content (AvgIpc) is 3.05. The van der Waals surface area contributed by atoms with Gasteiger partial charge in [0.2, 0.25) is 0 Å².